The van der Waals surface area contributed by atoms with Gasteiger partial charge in [-0.3, -0.25) is 9.59 Å². The molecule has 0 heterocycles. The van der Waals surface area contributed by atoms with Crippen LogP contribution in [-0.2, 0) is 20.9 Å². The van der Waals surface area contributed by atoms with Crippen LogP contribution in [0.4, 0.5) is 5.69 Å². The van der Waals surface area contributed by atoms with Gasteiger partial charge in [0, 0.05) is 31.4 Å². The number of benzene rings is 2. The summed E-state index contributed by atoms with van der Waals surface area (Å²) in [6.07, 6.45) is 3.03. The predicted molar refractivity (Wildman–Crippen MR) is 99.1 cm³/mol. The van der Waals surface area contributed by atoms with E-state index in [1.807, 2.05) is 24.3 Å². The van der Waals surface area contributed by atoms with Gasteiger partial charge in [-0.1, -0.05) is 24.3 Å². The van der Waals surface area contributed by atoms with Crippen LogP contribution >= 0.6 is 0 Å². The number of hydrogen-bond acceptors (Lipinski definition) is 5. The second-order valence-corrected chi connectivity index (χ2v) is 5.42. The lowest BCUT2D eigenvalue weighted by molar-refractivity contribution is -0.132. The molecule has 0 bridgehead atoms. The van der Waals surface area contributed by atoms with E-state index in [1.54, 1.807) is 31.4 Å². The molecule has 2 aromatic rings. The Hall–Kier alpha value is -3.12. The third-order valence-corrected chi connectivity index (χ3v) is 3.44. The molecule has 0 aliphatic carbocycles. The van der Waals surface area contributed by atoms with Crippen LogP contribution in [0.15, 0.2) is 48.5 Å². The number of rotatable bonds is 7. The van der Waals surface area contributed by atoms with Crippen molar-refractivity contribution in [3.63, 3.8) is 0 Å². The number of nitrogens with one attached hydrogen (secondary N) is 1. The highest BCUT2D eigenvalue weighted by molar-refractivity contribution is 6.02. The van der Waals surface area contributed by atoms with E-state index in [4.69, 9.17) is 14.2 Å². The van der Waals surface area contributed by atoms with E-state index in [0.717, 1.165) is 5.56 Å². The molecule has 6 heteroatoms. The summed E-state index contributed by atoms with van der Waals surface area (Å²) < 4.78 is 15.4. The maximum absolute atomic E-state index is 12.2. The van der Waals surface area contributed by atoms with Gasteiger partial charge in [0.2, 0.25) is 5.91 Å². The fourth-order valence-electron chi connectivity index (χ4n) is 2.30. The van der Waals surface area contributed by atoms with Gasteiger partial charge in [0.05, 0.1) is 13.7 Å². The number of esters is 1. The minimum atomic E-state index is -0.447. The molecule has 1 N–H and O–H groups in total. The number of ether oxygens (including phenoxy) is 3. The van der Waals surface area contributed by atoms with Crippen molar-refractivity contribution < 1.29 is 23.8 Å². The van der Waals surface area contributed by atoms with Crippen LogP contribution in [0, 0.1) is 0 Å². The summed E-state index contributed by atoms with van der Waals surface area (Å²) in [6.45, 7) is 1.72. The molecular weight excluding hydrogens is 334 g/mol. The smallest absolute Gasteiger partial charge is 0.308 e. The summed E-state index contributed by atoms with van der Waals surface area (Å²) in [5.41, 5.74) is 2.28. The van der Waals surface area contributed by atoms with Crippen LogP contribution in [0.2, 0.25) is 0 Å². The van der Waals surface area contributed by atoms with Crippen molar-refractivity contribution in [3.8, 4) is 11.5 Å². The monoisotopic (exact) mass is 355 g/mol. The molecule has 0 unspecified atom stereocenters. The molecule has 1 amide bonds. The Morgan fingerprint density at radius 1 is 1.08 bits per heavy atom. The van der Waals surface area contributed by atoms with Crippen LogP contribution in [0.5, 0.6) is 11.5 Å². The van der Waals surface area contributed by atoms with Crippen LogP contribution < -0.4 is 14.8 Å². The third-order valence-electron chi connectivity index (χ3n) is 3.44. The number of anilines is 1. The van der Waals surface area contributed by atoms with Crippen LogP contribution in [0.3, 0.4) is 0 Å². The zero-order chi connectivity index (χ0) is 18.9. The van der Waals surface area contributed by atoms with E-state index in [9.17, 15) is 9.59 Å². The minimum Gasteiger partial charge on any atom is -0.493 e. The highest BCUT2D eigenvalue weighted by atomic mass is 16.6. The molecule has 0 fully saturated rings. The van der Waals surface area contributed by atoms with Gasteiger partial charge >= 0.3 is 5.97 Å². The average molecular weight is 355 g/mol. The van der Waals surface area contributed by atoms with Gasteiger partial charge in [-0.2, -0.15) is 0 Å². The standard InChI is InChI=1S/C20H21NO5/c1-14(22)26-19-12-15(8-10-18(19)25-3)9-11-20(23)21-17-7-5-4-6-16(17)13-24-2/h4-12H,13H2,1-3H3,(H,21,23). The Balaban J connectivity index is 2.12. The van der Waals surface area contributed by atoms with Gasteiger partial charge in [-0.25, -0.2) is 0 Å². The number of methoxy groups -OCH3 is 2. The lowest BCUT2D eigenvalue weighted by Gasteiger charge is -2.09. The maximum atomic E-state index is 12.2. The largest absolute Gasteiger partial charge is 0.493 e. The molecule has 2 aromatic carbocycles. The summed E-state index contributed by atoms with van der Waals surface area (Å²) >= 11 is 0. The molecule has 0 spiro atoms. The molecule has 26 heavy (non-hydrogen) atoms. The van der Waals surface area contributed by atoms with Crippen molar-refractivity contribution in [1.29, 1.82) is 0 Å². The Bertz CT molecular complexity index is 814. The normalized spacial score (nSPS) is 10.6. The van der Waals surface area contributed by atoms with Crippen LogP contribution in [0.1, 0.15) is 18.1 Å². The van der Waals surface area contributed by atoms with E-state index in [2.05, 4.69) is 5.32 Å². The van der Waals surface area contributed by atoms with E-state index < -0.39 is 5.97 Å². The zero-order valence-electron chi connectivity index (χ0n) is 14.9. The summed E-state index contributed by atoms with van der Waals surface area (Å²) in [7, 11) is 3.09. The second kappa shape index (κ2) is 9.39. The Morgan fingerprint density at radius 2 is 1.85 bits per heavy atom. The number of amides is 1. The molecule has 136 valence electrons. The first kappa shape index (κ1) is 19.2. The SMILES string of the molecule is COCc1ccccc1NC(=O)C=Cc1ccc(OC)c(OC(C)=O)c1. The van der Waals surface area contributed by atoms with E-state index >= 15 is 0 Å². The van der Waals surface area contributed by atoms with Crippen molar-refractivity contribution in [2.24, 2.45) is 0 Å². The molecule has 0 saturated heterocycles. The van der Waals surface area contributed by atoms with Crippen LogP contribution in [0.25, 0.3) is 6.08 Å². The number of para-hydroxylation sites is 1. The summed E-state index contributed by atoms with van der Waals surface area (Å²) in [6, 6.07) is 12.5. The first-order valence-corrected chi connectivity index (χ1v) is 7.96. The lowest BCUT2D eigenvalue weighted by Crippen LogP contribution is -2.10. The quantitative estimate of drug-likeness (QED) is 0.468. The average Bonchev–Trinajstić information content (AvgIpc) is 2.61. The van der Waals surface area contributed by atoms with E-state index in [0.29, 0.717) is 29.4 Å². The molecule has 2 rings (SSSR count). The highest BCUT2D eigenvalue weighted by Crippen LogP contribution is 2.28. The van der Waals surface area contributed by atoms with Crippen LogP contribution in [-0.4, -0.2) is 26.1 Å². The summed E-state index contributed by atoms with van der Waals surface area (Å²) in [4.78, 5) is 23.4. The first-order valence-electron chi connectivity index (χ1n) is 7.96. The molecule has 0 aliphatic heterocycles. The minimum absolute atomic E-state index is 0.279. The van der Waals surface area contributed by atoms with Gasteiger partial charge in [0.15, 0.2) is 11.5 Å². The Morgan fingerprint density at radius 3 is 2.54 bits per heavy atom. The maximum Gasteiger partial charge on any atom is 0.308 e. The number of carbonyl (C=O) groups is 2. The topological polar surface area (TPSA) is 73.9 Å². The molecule has 0 atom stereocenters. The third kappa shape index (κ3) is 5.46. The molecule has 0 radical (unpaired) electrons. The van der Waals surface area contributed by atoms with Gasteiger partial charge in [-0.05, 0) is 29.8 Å². The van der Waals surface area contributed by atoms with Crippen molar-refractivity contribution in [3.05, 3.63) is 59.7 Å². The van der Waals surface area contributed by atoms with Gasteiger partial charge in [-0.15, -0.1) is 0 Å². The predicted octanol–water partition coefficient (Wildman–Crippen LogP) is 3.42. The molecule has 0 aliphatic rings. The van der Waals surface area contributed by atoms with Crippen molar-refractivity contribution >= 4 is 23.6 Å². The van der Waals surface area contributed by atoms with Crippen molar-refractivity contribution in [2.75, 3.05) is 19.5 Å². The van der Waals surface area contributed by atoms with Gasteiger partial charge in [0.1, 0.15) is 0 Å². The summed E-state index contributed by atoms with van der Waals surface area (Å²) in [5.74, 6) is 0.0126. The Labute approximate surface area is 152 Å². The Kier molecular flexibility index (Phi) is 6.93. The first-order chi connectivity index (χ1) is 12.5. The summed E-state index contributed by atoms with van der Waals surface area (Å²) in [5, 5.41) is 2.82. The fourth-order valence-corrected chi connectivity index (χ4v) is 2.30. The molecule has 0 aromatic heterocycles. The highest BCUT2D eigenvalue weighted by Gasteiger charge is 2.08. The number of hydrogen-bond donors (Lipinski definition) is 1. The molecular formula is C20H21NO5. The lowest BCUT2D eigenvalue weighted by atomic mass is 10.1. The fraction of sp³-hybridized carbons (Fsp3) is 0.200. The van der Waals surface area contributed by atoms with Crippen molar-refractivity contribution in [1.82, 2.24) is 0 Å². The number of carbonyl (C=O) groups excluding carboxylic acids is 2. The van der Waals surface area contributed by atoms with Gasteiger partial charge in [0.25, 0.3) is 0 Å². The van der Waals surface area contributed by atoms with Gasteiger partial charge < -0.3 is 19.5 Å². The zero-order valence-corrected chi connectivity index (χ0v) is 14.9. The second-order valence-electron chi connectivity index (χ2n) is 5.42. The van der Waals surface area contributed by atoms with E-state index in [1.165, 1.54) is 20.1 Å². The van der Waals surface area contributed by atoms with Crippen molar-refractivity contribution in [2.45, 2.75) is 13.5 Å². The van der Waals surface area contributed by atoms with E-state index in [-0.39, 0.29) is 5.91 Å². The molecule has 0 saturated carbocycles. The molecule has 6 nitrogen and oxygen atoms in total.